The highest BCUT2D eigenvalue weighted by molar-refractivity contribution is 5.83. The first kappa shape index (κ1) is 19.5. The third-order valence-corrected chi connectivity index (χ3v) is 5.71. The van der Waals surface area contributed by atoms with Gasteiger partial charge in [0.2, 0.25) is 5.91 Å². The molecule has 0 unspecified atom stereocenters. The van der Waals surface area contributed by atoms with Gasteiger partial charge < -0.3 is 9.88 Å². The van der Waals surface area contributed by atoms with E-state index in [1.165, 1.54) is 22.0 Å². The number of piperazine rings is 1. The van der Waals surface area contributed by atoms with E-state index in [0.717, 1.165) is 45.6 Å². The molecule has 0 saturated carbocycles. The first-order chi connectivity index (χ1) is 14.3. The molecule has 1 N–H and O–H groups in total. The summed E-state index contributed by atoms with van der Waals surface area (Å²) in [5.74, 6) is 0.296. The third kappa shape index (κ3) is 5.15. The first-order valence-corrected chi connectivity index (χ1v) is 10.6. The van der Waals surface area contributed by atoms with Crippen molar-refractivity contribution >= 4 is 22.9 Å². The summed E-state index contributed by atoms with van der Waals surface area (Å²) in [5.41, 5.74) is 3.71. The number of nitrogens with one attached hydrogen (secondary N) is 1. The number of benzene rings is 2. The molecule has 1 amide bonds. The molecule has 150 valence electrons. The number of hydrogen-bond donors (Lipinski definition) is 1. The maximum absolute atomic E-state index is 12.6. The van der Waals surface area contributed by atoms with Gasteiger partial charge in [0.25, 0.3) is 0 Å². The quantitative estimate of drug-likeness (QED) is 0.655. The van der Waals surface area contributed by atoms with Gasteiger partial charge in [-0.3, -0.25) is 9.69 Å². The summed E-state index contributed by atoms with van der Waals surface area (Å²) in [6, 6.07) is 18.7. The predicted molar refractivity (Wildman–Crippen MR) is 120 cm³/mol. The Morgan fingerprint density at radius 3 is 2.55 bits per heavy atom. The number of aryl methyl sites for hydroxylation is 1. The Morgan fingerprint density at radius 2 is 1.72 bits per heavy atom. The molecule has 2 heterocycles. The van der Waals surface area contributed by atoms with Crippen LogP contribution in [-0.4, -0.2) is 53.4 Å². The van der Waals surface area contributed by atoms with Crippen molar-refractivity contribution in [1.82, 2.24) is 14.8 Å². The Balaban J connectivity index is 1.18. The van der Waals surface area contributed by atoms with Crippen LogP contribution in [0.3, 0.4) is 0 Å². The Labute approximate surface area is 172 Å². The van der Waals surface area contributed by atoms with E-state index < -0.39 is 0 Å². The van der Waals surface area contributed by atoms with Gasteiger partial charge in [0.1, 0.15) is 0 Å². The molecule has 3 aromatic rings. The van der Waals surface area contributed by atoms with Crippen LogP contribution in [-0.2, 0) is 11.2 Å². The minimum atomic E-state index is 0.296. The van der Waals surface area contributed by atoms with E-state index in [-0.39, 0.29) is 0 Å². The minimum absolute atomic E-state index is 0.296. The van der Waals surface area contributed by atoms with Crippen molar-refractivity contribution in [2.45, 2.75) is 19.3 Å². The highest BCUT2D eigenvalue weighted by Crippen LogP contribution is 2.19. The van der Waals surface area contributed by atoms with Gasteiger partial charge in [-0.25, -0.2) is 0 Å². The zero-order valence-electron chi connectivity index (χ0n) is 16.9. The van der Waals surface area contributed by atoms with Crippen LogP contribution in [0.15, 0.2) is 66.9 Å². The summed E-state index contributed by atoms with van der Waals surface area (Å²) in [6.07, 6.45) is 8.95. The summed E-state index contributed by atoms with van der Waals surface area (Å²) >= 11 is 0. The Bertz CT molecular complexity index is 952. The maximum atomic E-state index is 12.6. The van der Waals surface area contributed by atoms with Crippen LogP contribution in [0, 0.1) is 0 Å². The fraction of sp³-hybridized carbons (Fsp3) is 0.320. The van der Waals surface area contributed by atoms with Gasteiger partial charge in [0.15, 0.2) is 0 Å². The van der Waals surface area contributed by atoms with E-state index in [0.29, 0.717) is 12.3 Å². The molecule has 1 saturated heterocycles. The van der Waals surface area contributed by atoms with Crippen molar-refractivity contribution in [3.63, 3.8) is 0 Å². The monoisotopic (exact) mass is 387 g/mol. The predicted octanol–water partition coefficient (Wildman–Crippen LogP) is 4.35. The molecule has 1 aliphatic heterocycles. The van der Waals surface area contributed by atoms with Crippen LogP contribution < -0.4 is 0 Å². The number of carbonyl (C=O) groups is 1. The lowest BCUT2D eigenvalue weighted by Gasteiger charge is -2.34. The largest absolute Gasteiger partial charge is 0.361 e. The van der Waals surface area contributed by atoms with Gasteiger partial charge in [0, 0.05) is 56.2 Å². The van der Waals surface area contributed by atoms with E-state index in [4.69, 9.17) is 0 Å². The molecule has 0 bridgehead atoms. The zero-order valence-corrected chi connectivity index (χ0v) is 16.9. The van der Waals surface area contributed by atoms with E-state index in [9.17, 15) is 4.79 Å². The van der Waals surface area contributed by atoms with E-state index in [1.807, 2.05) is 17.0 Å². The van der Waals surface area contributed by atoms with E-state index in [1.54, 1.807) is 0 Å². The molecule has 0 atom stereocenters. The van der Waals surface area contributed by atoms with E-state index in [2.05, 4.69) is 70.7 Å². The second kappa shape index (κ2) is 9.57. The topological polar surface area (TPSA) is 39.3 Å². The molecule has 4 rings (SSSR count). The number of aromatic nitrogens is 1. The summed E-state index contributed by atoms with van der Waals surface area (Å²) in [7, 11) is 0. The fourth-order valence-corrected chi connectivity index (χ4v) is 4.01. The van der Waals surface area contributed by atoms with Crippen molar-refractivity contribution in [3.8, 4) is 0 Å². The summed E-state index contributed by atoms with van der Waals surface area (Å²) in [4.78, 5) is 20.3. The number of rotatable bonds is 7. The van der Waals surface area contributed by atoms with Gasteiger partial charge in [-0.1, -0.05) is 60.7 Å². The molecule has 0 aliphatic carbocycles. The summed E-state index contributed by atoms with van der Waals surface area (Å²) in [5, 5.41) is 1.28. The number of aromatic amines is 1. The van der Waals surface area contributed by atoms with Crippen LogP contribution in [0.5, 0.6) is 0 Å². The zero-order chi connectivity index (χ0) is 19.9. The van der Waals surface area contributed by atoms with Crippen molar-refractivity contribution in [3.05, 3.63) is 78.0 Å². The normalized spacial score (nSPS) is 15.4. The average molecular weight is 388 g/mol. The number of hydrogen-bond acceptors (Lipinski definition) is 2. The molecule has 4 heteroatoms. The lowest BCUT2D eigenvalue weighted by molar-refractivity contribution is -0.132. The van der Waals surface area contributed by atoms with Crippen molar-refractivity contribution in [1.29, 1.82) is 0 Å². The molecule has 0 spiro atoms. The highest BCUT2D eigenvalue weighted by Gasteiger charge is 2.20. The molecule has 29 heavy (non-hydrogen) atoms. The van der Waals surface area contributed by atoms with Gasteiger partial charge in [0.05, 0.1) is 0 Å². The number of amides is 1. The lowest BCUT2D eigenvalue weighted by Crippen LogP contribution is -2.48. The van der Waals surface area contributed by atoms with Gasteiger partial charge >= 0.3 is 0 Å². The van der Waals surface area contributed by atoms with Crippen molar-refractivity contribution in [2.75, 3.05) is 32.7 Å². The van der Waals surface area contributed by atoms with Crippen LogP contribution >= 0.6 is 0 Å². The highest BCUT2D eigenvalue weighted by atomic mass is 16.2. The van der Waals surface area contributed by atoms with E-state index >= 15 is 0 Å². The molecule has 1 aliphatic rings. The van der Waals surface area contributed by atoms with Gasteiger partial charge in [-0.05, 0) is 30.0 Å². The van der Waals surface area contributed by atoms with Crippen LogP contribution in [0.25, 0.3) is 17.0 Å². The Kier molecular flexibility index (Phi) is 6.42. The van der Waals surface area contributed by atoms with Crippen LogP contribution in [0.2, 0.25) is 0 Å². The molecular formula is C25H29N3O. The first-order valence-electron chi connectivity index (χ1n) is 10.6. The SMILES string of the molecule is O=C(CCCc1c[nH]c2ccccc12)N1CCN(C/C=C/c2ccccc2)CC1. The molecule has 1 fully saturated rings. The third-order valence-electron chi connectivity index (χ3n) is 5.71. The summed E-state index contributed by atoms with van der Waals surface area (Å²) in [6.45, 7) is 4.52. The number of carbonyl (C=O) groups excluding carboxylic acids is 1. The van der Waals surface area contributed by atoms with Crippen molar-refractivity contribution < 1.29 is 4.79 Å². The number of nitrogens with zero attached hydrogens (tertiary/aromatic N) is 2. The Hall–Kier alpha value is -2.85. The molecular weight excluding hydrogens is 358 g/mol. The number of fused-ring (bicyclic) bond motifs is 1. The second-order valence-corrected chi connectivity index (χ2v) is 7.71. The molecule has 2 aromatic carbocycles. The molecule has 1 aromatic heterocycles. The standard InChI is InChI=1S/C25H29N3O/c29-25(14-6-11-22-20-26-24-13-5-4-12-23(22)24)28-18-16-27(17-19-28)15-7-10-21-8-2-1-3-9-21/h1-5,7-10,12-13,20,26H,6,11,14-19H2/b10-7+. The van der Waals surface area contributed by atoms with Gasteiger partial charge in [-0.2, -0.15) is 0 Å². The average Bonchev–Trinajstić information content (AvgIpc) is 3.18. The lowest BCUT2D eigenvalue weighted by atomic mass is 10.1. The number of H-pyrrole nitrogens is 1. The minimum Gasteiger partial charge on any atom is -0.361 e. The fourth-order valence-electron chi connectivity index (χ4n) is 4.01. The Morgan fingerprint density at radius 1 is 0.966 bits per heavy atom. The molecule has 4 nitrogen and oxygen atoms in total. The second-order valence-electron chi connectivity index (χ2n) is 7.71. The smallest absolute Gasteiger partial charge is 0.222 e. The molecule has 0 radical (unpaired) electrons. The number of para-hydroxylation sites is 1. The van der Waals surface area contributed by atoms with Crippen LogP contribution in [0.1, 0.15) is 24.0 Å². The van der Waals surface area contributed by atoms with Gasteiger partial charge in [-0.15, -0.1) is 0 Å². The summed E-state index contributed by atoms with van der Waals surface area (Å²) < 4.78 is 0. The van der Waals surface area contributed by atoms with Crippen LogP contribution in [0.4, 0.5) is 0 Å². The maximum Gasteiger partial charge on any atom is 0.222 e. The van der Waals surface area contributed by atoms with Crippen molar-refractivity contribution in [2.24, 2.45) is 0 Å².